The molecule has 0 saturated heterocycles. The molecule has 0 radical (unpaired) electrons. The highest BCUT2D eigenvalue weighted by Crippen LogP contribution is 2.06. The van der Waals surface area contributed by atoms with E-state index in [0.29, 0.717) is 16.4 Å². The van der Waals surface area contributed by atoms with Crippen molar-refractivity contribution in [3.63, 3.8) is 0 Å². The molecule has 4 nitrogen and oxygen atoms in total. The summed E-state index contributed by atoms with van der Waals surface area (Å²) in [5.74, 6) is 6.42. The van der Waals surface area contributed by atoms with Crippen LogP contribution in [-0.4, -0.2) is 47.6 Å². The van der Waals surface area contributed by atoms with Gasteiger partial charge < -0.3 is 19.2 Å². The van der Waals surface area contributed by atoms with Crippen LogP contribution in [0.25, 0.3) is 0 Å². The normalized spacial score (nSPS) is 11.1. The number of rotatable bonds is 7. The van der Waals surface area contributed by atoms with Gasteiger partial charge in [-0.2, -0.15) is 0 Å². The minimum atomic E-state index is -1.48. The quantitative estimate of drug-likeness (QED) is 0.235. The van der Waals surface area contributed by atoms with Gasteiger partial charge in [-0.05, 0) is 75.4 Å². The van der Waals surface area contributed by atoms with Gasteiger partial charge in [0.15, 0.2) is 0 Å². The van der Waals surface area contributed by atoms with E-state index in [-0.39, 0.29) is 0 Å². The molecule has 0 saturated carbocycles. The third-order valence-electron chi connectivity index (χ3n) is 5.20. The van der Waals surface area contributed by atoms with Crippen LogP contribution in [0.15, 0.2) is 72.8 Å². The van der Waals surface area contributed by atoms with Crippen LogP contribution in [0, 0.1) is 26.5 Å². The second-order valence-electron chi connectivity index (χ2n) is 11.1. The van der Waals surface area contributed by atoms with E-state index >= 15 is 0 Å². The van der Waals surface area contributed by atoms with Crippen LogP contribution >= 0.6 is 22.6 Å². The van der Waals surface area contributed by atoms with Gasteiger partial charge in [0.1, 0.15) is 16.1 Å². The first-order valence-corrected chi connectivity index (χ1v) is 20.6. The third kappa shape index (κ3) is 10.3. The summed E-state index contributed by atoms with van der Waals surface area (Å²) in [6, 6.07) is 22.2. The molecule has 3 aromatic carbocycles. The van der Waals surface area contributed by atoms with E-state index in [0.717, 1.165) is 14.7 Å². The fraction of sp³-hybridized carbons (Fsp3) is 0.214. The van der Waals surface area contributed by atoms with E-state index in [2.05, 4.69) is 84.8 Å². The zero-order chi connectivity index (χ0) is 27.9. The molecule has 0 fully saturated rings. The van der Waals surface area contributed by atoms with Crippen molar-refractivity contribution in [2.75, 3.05) is 0 Å². The van der Waals surface area contributed by atoms with E-state index in [1.165, 1.54) is 0 Å². The molecule has 0 bridgehead atoms. The Balaban J connectivity index is 1.77. The molecule has 0 heterocycles. The molecule has 3 rings (SSSR count). The lowest BCUT2D eigenvalue weighted by Gasteiger charge is -2.20. The van der Waals surface area contributed by atoms with E-state index in [1.54, 1.807) is 24.3 Å². The number of halogens is 1. The van der Waals surface area contributed by atoms with Crippen molar-refractivity contribution in [1.29, 1.82) is 0 Å². The Hall–Kier alpha value is -2.02. The maximum atomic E-state index is 10.9. The van der Waals surface area contributed by atoms with Crippen molar-refractivity contribution in [3.05, 3.63) is 87.5 Å². The predicted octanol–water partition coefficient (Wildman–Crippen LogP) is 3.25. The largest absolute Gasteiger partial charge is 0.477 e. The topological polar surface area (TPSA) is 58.9 Å². The maximum Gasteiger partial charge on any atom is 0.477 e. The van der Waals surface area contributed by atoms with E-state index < -0.39 is 37.5 Å². The monoisotopic (exact) mass is 648 g/mol. The maximum absolute atomic E-state index is 10.9. The van der Waals surface area contributed by atoms with Crippen molar-refractivity contribution in [1.82, 2.24) is 0 Å². The smallest absolute Gasteiger partial charge is 0.444 e. The molecule has 0 amide bonds. The van der Waals surface area contributed by atoms with Crippen LogP contribution in [0.3, 0.4) is 0 Å². The van der Waals surface area contributed by atoms with Crippen molar-refractivity contribution in [2.24, 2.45) is 0 Å². The lowest BCUT2D eigenvalue weighted by atomic mass is 9.67. The second-order valence-corrected chi connectivity index (χ2v) is 21.9. The third-order valence-corrected chi connectivity index (χ3v) is 7.67. The Morgan fingerprint density at radius 1 is 0.579 bits per heavy atom. The van der Waals surface area contributed by atoms with Gasteiger partial charge in [0.2, 0.25) is 0 Å². The Labute approximate surface area is 244 Å². The summed E-state index contributed by atoms with van der Waals surface area (Å²) in [5.41, 5.74) is 10.3. The number of benzene rings is 3. The molecule has 0 unspecified atom stereocenters. The average Bonchev–Trinajstić information content (AvgIpc) is 2.86. The Morgan fingerprint density at radius 2 is 0.921 bits per heavy atom. The van der Waals surface area contributed by atoms with Gasteiger partial charge in [0.25, 0.3) is 0 Å². The van der Waals surface area contributed by atoms with E-state index in [9.17, 15) is 10.0 Å². The summed E-state index contributed by atoms with van der Waals surface area (Å²) in [6.07, 6.45) is 0. The first-order valence-electron chi connectivity index (χ1n) is 12.5. The van der Waals surface area contributed by atoms with Crippen LogP contribution < -0.4 is 16.4 Å². The summed E-state index contributed by atoms with van der Waals surface area (Å²) in [7, 11) is -6.48. The van der Waals surface area contributed by atoms with Crippen molar-refractivity contribution >= 4 is 76.5 Å². The molecule has 0 aromatic heterocycles. The zero-order valence-corrected chi connectivity index (χ0v) is 26.9. The molecule has 192 valence electrons. The van der Waals surface area contributed by atoms with Gasteiger partial charge in [-0.25, -0.2) is 0 Å². The molecule has 38 heavy (non-hydrogen) atoms. The molecule has 2 N–H and O–H groups in total. The van der Waals surface area contributed by atoms with Gasteiger partial charge in [0, 0.05) is 14.7 Å². The summed E-state index contributed by atoms with van der Waals surface area (Å²) in [4.78, 5) is 0. The number of hydrogen-bond acceptors (Lipinski definition) is 4. The van der Waals surface area contributed by atoms with Crippen LogP contribution in [0.2, 0.25) is 39.3 Å². The first kappa shape index (κ1) is 30.5. The fourth-order valence-electron chi connectivity index (χ4n) is 3.18. The van der Waals surface area contributed by atoms with Crippen LogP contribution in [-0.2, 0) is 9.14 Å². The van der Waals surface area contributed by atoms with E-state index in [4.69, 9.17) is 9.14 Å². The summed E-state index contributed by atoms with van der Waals surface area (Å²) in [6.45, 7) is 13.2. The zero-order valence-electron chi connectivity index (χ0n) is 22.7. The standard InChI is InChI=1S/C28H32B3IO4Si2/c1-37(2,3)21-19-23-7-11-25(12-8-23)29(33)35-31(27-15-17-28(32)18-16-27)36-30(34)26-13-9-24(10-14-26)20-22-38(4,5)6/h7-18,33-34H,1-6H3. The lowest BCUT2D eigenvalue weighted by molar-refractivity contribution is 0.356. The SMILES string of the molecule is C[Si](C)(C)C#Cc1ccc(B(O)OB(OB(O)c2ccc(C#C[Si](C)(C)C)cc2)c2ccc(I)cc2)cc1. The minimum absolute atomic E-state index is 0.572. The molecule has 0 spiro atoms. The second kappa shape index (κ2) is 13.4. The molecule has 0 aliphatic rings. The van der Waals surface area contributed by atoms with Gasteiger partial charge in [-0.1, -0.05) is 87.5 Å². The molecule has 0 aliphatic carbocycles. The summed E-state index contributed by atoms with van der Waals surface area (Å²) < 4.78 is 12.9. The molecular weight excluding hydrogens is 616 g/mol. The van der Waals surface area contributed by atoms with Gasteiger partial charge in [-0.15, -0.1) is 11.1 Å². The molecule has 0 atom stereocenters. The summed E-state index contributed by atoms with van der Waals surface area (Å²) in [5, 5.41) is 21.8. The molecule has 10 heteroatoms. The van der Waals surface area contributed by atoms with Crippen LogP contribution in [0.1, 0.15) is 11.1 Å². The highest BCUT2D eigenvalue weighted by molar-refractivity contribution is 14.1. The van der Waals surface area contributed by atoms with Crippen molar-refractivity contribution in [2.45, 2.75) is 39.3 Å². The average molecular weight is 648 g/mol. The van der Waals surface area contributed by atoms with Crippen LogP contribution in [0.5, 0.6) is 0 Å². The fourth-order valence-corrected chi connectivity index (χ4v) is 4.58. The molecular formula is C28H32B3IO4Si2. The highest BCUT2D eigenvalue weighted by Gasteiger charge is 2.33. The molecule has 0 aliphatic heterocycles. The van der Waals surface area contributed by atoms with Crippen molar-refractivity contribution in [3.8, 4) is 22.9 Å². The van der Waals surface area contributed by atoms with Gasteiger partial charge in [-0.3, -0.25) is 0 Å². The van der Waals surface area contributed by atoms with E-state index in [1.807, 2.05) is 48.5 Å². The lowest BCUT2D eigenvalue weighted by Crippen LogP contribution is -2.51. The van der Waals surface area contributed by atoms with Crippen molar-refractivity contribution < 1.29 is 19.2 Å². The minimum Gasteiger partial charge on any atom is -0.444 e. The summed E-state index contributed by atoms with van der Waals surface area (Å²) >= 11 is 2.22. The van der Waals surface area contributed by atoms with Gasteiger partial charge in [0.05, 0.1) is 0 Å². The predicted molar refractivity (Wildman–Crippen MR) is 175 cm³/mol. The first-order chi connectivity index (χ1) is 17.8. The number of hydrogen-bond donors (Lipinski definition) is 2. The van der Waals surface area contributed by atoms with Crippen LogP contribution in [0.4, 0.5) is 0 Å². The Kier molecular flexibility index (Phi) is 10.7. The molecule has 3 aromatic rings. The van der Waals surface area contributed by atoms with Gasteiger partial charge >= 0.3 is 21.4 Å². The highest BCUT2D eigenvalue weighted by atomic mass is 127. The Morgan fingerprint density at radius 3 is 1.26 bits per heavy atom. The Bertz CT molecular complexity index is 1250.